The van der Waals surface area contributed by atoms with E-state index in [4.69, 9.17) is 9.47 Å². The van der Waals surface area contributed by atoms with Gasteiger partial charge in [0, 0.05) is 19.7 Å². The Hall–Kier alpha value is -1.59. The Bertz CT molecular complexity index is 488. The van der Waals surface area contributed by atoms with Gasteiger partial charge >= 0.3 is 6.03 Å². The highest BCUT2D eigenvalue weighted by Gasteiger charge is 2.25. The Morgan fingerprint density at radius 2 is 2.17 bits per heavy atom. The molecule has 0 radical (unpaired) electrons. The largest absolute Gasteiger partial charge is 0.382 e. The van der Waals surface area contributed by atoms with E-state index < -0.39 is 0 Å². The van der Waals surface area contributed by atoms with E-state index in [1.165, 1.54) is 11.1 Å². The first-order valence-electron chi connectivity index (χ1n) is 8.34. The third-order valence-corrected chi connectivity index (χ3v) is 4.20. The summed E-state index contributed by atoms with van der Waals surface area (Å²) in [4.78, 5) is 14.3. The van der Waals surface area contributed by atoms with E-state index in [1.807, 2.05) is 4.90 Å². The lowest BCUT2D eigenvalue weighted by Gasteiger charge is -2.33. The van der Waals surface area contributed by atoms with Crippen LogP contribution < -0.4 is 5.32 Å². The van der Waals surface area contributed by atoms with E-state index in [1.54, 1.807) is 7.11 Å². The van der Waals surface area contributed by atoms with Crippen molar-refractivity contribution >= 4 is 6.03 Å². The molecule has 1 N–H and O–H groups in total. The number of hydrogen-bond acceptors (Lipinski definition) is 3. The van der Waals surface area contributed by atoms with Gasteiger partial charge in [-0.15, -0.1) is 0 Å². The van der Waals surface area contributed by atoms with Crippen molar-refractivity contribution in [2.24, 2.45) is 0 Å². The van der Waals surface area contributed by atoms with Crippen LogP contribution in [0.3, 0.4) is 0 Å². The summed E-state index contributed by atoms with van der Waals surface area (Å²) in [7, 11) is 1.65. The molecular weight excluding hydrogens is 292 g/mol. The molecule has 0 saturated carbocycles. The molecular formula is C18H28N2O3. The summed E-state index contributed by atoms with van der Waals surface area (Å²) in [6.07, 6.45) is 1.73. The number of nitrogens with zero attached hydrogens (tertiary/aromatic N) is 1. The summed E-state index contributed by atoms with van der Waals surface area (Å²) in [6, 6.07) is 8.63. The predicted molar refractivity (Wildman–Crippen MR) is 90.7 cm³/mol. The van der Waals surface area contributed by atoms with Crippen LogP contribution in [0.5, 0.6) is 0 Å². The standard InChI is InChI=1S/C18H28N2O3/c1-4-16(11-15-7-5-14(2)6-8-15)19-18(21)20-9-10-23-17(12-20)13-22-3/h5-8,16-17H,4,9-13H2,1-3H3,(H,19,21)/t16-,17-/m1/s1. The first kappa shape index (κ1) is 17.8. The smallest absolute Gasteiger partial charge is 0.317 e. The second-order valence-corrected chi connectivity index (χ2v) is 6.14. The number of ether oxygens (including phenoxy) is 2. The molecule has 1 aromatic carbocycles. The molecule has 2 atom stereocenters. The summed E-state index contributed by atoms with van der Waals surface area (Å²) < 4.78 is 10.7. The predicted octanol–water partition coefficient (Wildman–Crippen LogP) is 2.37. The van der Waals surface area contributed by atoms with Crippen LogP contribution in [0.4, 0.5) is 4.79 Å². The minimum absolute atomic E-state index is 0.00614. The zero-order valence-electron chi connectivity index (χ0n) is 14.4. The van der Waals surface area contributed by atoms with Crippen LogP contribution in [0.15, 0.2) is 24.3 Å². The second kappa shape index (κ2) is 8.89. The van der Waals surface area contributed by atoms with Gasteiger partial charge in [-0.1, -0.05) is 36.8 Å². The lowest BCUT2D eigenvalue weighted by atomic mass is 10.0. The van der Waals surface area contributed by atoms with Crippen molar-refractivity contribution < 1.29 is 14.3 Å². The Morgan fingerprint density at radius 3 is 2.83 bits per heavy atom. The molecule has 5 nitrogen and oxygen atoms in total. The van der Waals surface area contributed by atoms with Gasteiger partial charge in [0.25, 0.3) is 0 Å². The maximum atomic E-state index is 12.5. The van der Waals surface area contributed by atoms with Gasteiger partial charge in [0.1, 0.15) is 0 Å². The van der Waals surface area contributed by atoms with Crippen molar-refractivity contribution in [3.8, 4) is 0 Å². The summed E-state index contributed by atoms with van der Waals surface area (Å²) >= 11 is 0. The summed E-state index contributed by atoms with van der Waals surface area (Å²) in [6.45, 7) is 6.48. The molecule has 5 heteroatoms. The fourth-order valence-electron chi connectivity index (χ4n) is 2.76. The molecule has 2 rings (SSSR count). The quantitative estimate of drug-likeness (QED) is 0.875. The van der Waals surface area contributed by atoms with Gasteiger partial charge in [0.2, 0.25) is 0 Å². The van der Waals surface area contributed by atoms with Crippen LogP contribution in [0, 0.1) is 6.92 Å². The molecule has 1 heterocycles. The van der Waals surface area contributed by atoms with Gasteiger partial charge < -0.3 is 19.7 Å². The fraction of sp³-hybridized carbons (Fsp3) is 0.611. The Balaban J connectivity index is 1.87. The molecule has 128 valence electrons. The van der Waals surface area contributed by atoms with Crippen molar-refractivity contribution in [3.63, 3.8) is 0 Å². The fourth-order valence-corrected chi connectivity index (χ4v) is 2.76. The molecule has 0 unspecified atom stereocenters. The number of carbonyl (C=O) groups excluding carboxylic acids is 1. The molecule has 23 heavy (non-hydrogen) atoms. The van der Waals surface area contributed by atoms with Gasteiger partial charge in [-0.3, -0.25) is 0 Å². The minimum Gasteiger partial charge on any atom is -0.382 e. The number of methoxy groups -OCH3 is 1. The van der Waals surface area contributed by atoms with Crippen LogP contribution in [-0.4, -0.2) is 56.5 Å². The van der Waals surface area contributed by atoms with E-state index in [0.717, 1.165) is 12.8 Å². The van der Waals surface area contributed by atoms with Crippen molar-refractivity contribution in [1.82, 2.24) is 10.2 Å². The molecule has 1 aromatic rings. The van der Waals surface area contributed by atoms with Crippen molar-refractivity contribution in [2.75, 3.05) is 33.4 Å². The van der Waals surface area contributed by atoms with Gasteiger partial charge in [0.15, 0.2) is 0 Å². The highest BCUT2D eigenvalue weighted by Crippen LogP contribution is 2.10. The molecule has 2 amide bonds. The van der Waals surface area contributed by atoms with Gasteiger partial charge in [-0.2, -0.15) is 0 Å². The van der Waals surface area contributed by atoms with Crippen LogP contribution in [0.1, 0.15) is 24.5 Å². The van der Waals surface area contributed by atoms with Crippen molar-refractivity contribution in [3.05, 3.63) is 35.4 Å². The van der Waals surface area contributed by atoms with E-state index in [0.29, 0.717) is 26.3 Å². The molecule has 0 aromatic heterocycles. The number of carbonyl (C=O) groups is 1. The molecule has 0 spiro atoms. The third-order valence-electron chi connectivity index (χ3n) is 4.20. The topological polar surface area (TPSA) is 50.8 Å². The number of amides is 2. The Labute approximate surface area is 139 Å². The minimum atomic E-state index is -0.0309. The third kappa shape index (κ3) is 5.52. The van der Waals surface area contributed by atoms with Crippen LogP contribution in [0.2, 0.25) is 0 Å². The number of morpholine rings is 1. The molecule has 0 aliphatic carbocycles. The maximum absolute atomic E-state index is 12.5. The highest BCUT2D eigenvalue weighted by molar-refractivity contribution is 5.74. The van der Waals surface area contributed by atoms with Crippen molar-refractivity contribution in [1.29, 1.82) is 0 Å². The molecule has 1 aliphatic heterocycles. The summed E-state index contributed by atoms with van der Waals surface area (Å²) in [5, 5.41) is 3.15. The molecule has 0 bridgehead atoms. The zero-order valence-corrected chi connectivity index (χ0v) is 14.4. The van der Waals surface area contributed by atoms with Gasteiger partial charge in [-0.25, -0.2) is 4.79 Å². The lowest BCUT2D eigenvalue weighted by Crippen LogP contribution is -2.52. The van der Waals surface area contributed by atoms with E-state index >= 15 is 0 Å². The molecule has 1 fully saturated rings. The Kier molecular flexibility index (Phi) is 6.86. The Morgan fingerprint density at radius 1 is 1.43 bits per heavy atom. The lowest BCUT2D eigenvalue weighted by molar-refractivity contribution is -0.0496. The normalized spacial score (nSPS) is 19.4. The average Bonchev–Trinajstić information content (AvgIpc) is 2.56. The first-order valence-corrected chi connectivity index (χ1v) is 8.34. The number of hydrogen-bond donors (Lipinski definition) is 1. The number of urea groups is 1. The average molecular weight is 320 g/mol. The number of benzene rings is 1. The molecule has 1 aliphatic rings. The summed E-state index contributed by atoms with van der Waals surface area (Å²) in [5.74, 6) is 0. The number of aryl methyl sites for hydroxylation is 1. The molecule has 1 saturated heterocycles. The number of nitrogens with one attached hydrogen (secondary N) is 1. The van der Waals surface area contributed by atoms with Gasteiger partial charge in [-0.05, 0) is 25.3 Å². The van der Waals surface area contributed by atoms with E-state index in [-0.39, 0.29) is 18.2 Å². The van der Waals surface area contributed by atoms with E-state index in [2.05, 4.69) is 43.4 Å². The first-order chi connectivity index (χ1) is 11.1. The SMILES string of the molecule is CC[C@H](Cc1ccc(C)cc1)NC(=O)N1CCO[C@@H](COC)C1. The second-order valence-electron chi connectivity index (χ2n) is 6.14. The van der Waals surface area contributed by atoms with Gasteiger partial charge in [0.05, 0.1) is 25.9 Å². The van der Waals surface area contributed by atoms with Crippen LogP contribution >= 0.6 is 0 Å². The highest BCUT2D eigenvalue weighted by atomic mass is 16.5. The van der Waals surface area contributed by atoms with Crippen LogP contribution in [-0.2, 0) is 15.9 Å². The van der Waals surface area contributed by atoms with E-state index in [9.17, 15) is 4.79 Å². The van der Waals surface area contributed by atoms with Crippen molar-refractivity contribution in [2.45, 2.75) is 38.8 Å². The maximum Gasteiger partial charge on any atom is 0.317 e. The van der Waals surface area contributed by atoms with Crippen LogP contribution in [0.25, 0.3) is 0 Å². The number of rotatable bonds is 6. The zero-order chi connectivity index (χ0) is 16.7. The monoisotopic (exact) mass is 320 g/mol. The summed E-state index contributed by atoms with van der Waals surface area (Å²) in [5.41, 5.74) is 2.50.